The first kappa shape index (κ1) is 22.3. The summed E-state index contributed by atoms with van der Waals surface area (Å²) in [5.74, 6) is 0. The molecule has 1 aromatic carbocycles. The van der Waals surface area contributed by atoms with Crippen LogP contribution in [0.5, 0.6) is 0 Å². The number of allylic oxidation sites excluding steroid dienone is 3. The van der Waals surface area contributed by atoms with Crippen molar-refractivity contribution in [3.05, 3.63) is 52.7 Å². The van der Waals surface area contributed by atoms with Crippen LogP contribution in [0.3, 0.4) is 0 Å². The summed E-state index contributed by atoms with van der Waals surface area (Å²) >= 11 is 0. The third-order valence-corrected chi connectivity index (χ3v) is 7.05. The molecule has 0 fully saturated rings. The van der Waals surface area contributed by atoms with E-state index in [2.05, 4.69) is 10.2 Å². The number of aliphatic imine (C=N–C) groups is 1. The van der Waals surface area contributed by atoms with E-state index < -0.39 is 15.5 Å². The van der Waals surface area contributed by atoms with E-state index in [4.69, 9.17) is 4.99 Å². The van der Waals surface area contributed by atoms with Crippen LogP contribution in [0.15, 0.2) is 62.6 Å². The van der Waals surface area contributed by atoms with Gasteiger partial charge in [0.05, 0.1) is 4.90 Å². The molecule has 0 saturated carbocycles. The Morgan fingerprint density at radius 3 is 2.21 bits per heavy atom. The number of rotatable bonds is 6. The van der Waals surface area contributed by atoms with Crippen LogP contribution in [0.25, 0.3) is 0 Å². The number of hydrogen-bond donors (Lipinski definition) is 1. The molecule has 0 bridgehead atoms. The molecule has 0 saturated heterocycles. The van der Waals surface area contributed by atoms with Gasteiger partial charge in [0.15, 0.2) is 0 Å². The minimum atomic E-state index is -3.76. The van der Waals surface area contributed by atoms with Gasteiger partial charge in [0.2, 0.25) is 9.84 Å². The van der Waals surface area contributed by atoms with E-state index in [-0.39, 0.29) is 9.80 Å². The summed E-state index contributed by atoms with van der Waals surface area (Å²) < 4.78 is 27.4. The second-order valence-corrected chi connectivity index (χ2v) is 9.61. The van der Waals surface area contributed by atoms with Crippen molar-refractivity contribution < 1.29 is 8.42 Å². The molecule has 0 radical (unpaired) electrons. The van der Waals surface area contributed by atoms with E-state index in [1.165, 1.54) is 0 Å². The van der Waals surface area contributed by atoms with Crippen molar-refractivity contribution in [2.45, 2.75) is 38.3 Å². The summed E-state index contributed by atoms with van der Waals surface area (Å²) in [6.45, 7) is 8.96. The third-order valence-electron chi connectivity index (χ3n) is 4.92. The predicted octanol–water partition coefficient (Wildman–Crippen LogP) is 2.87. The van der Waals surface area contributed by atoms with Gasteiger partial charge in [0.1, 0.15) is 10.6 Å². The molecule has 2 rings (SSSR count). The molecule has 7 heteroatoms. The molecule has 6 nitrogen and oxygen atoms in total. The minimum absolute atomic E-state index is 0.272. The van der Waals surface area contributed by atoms with Gasteiger partial charge in [-0.2, -0.15) is 0 Å². The van der Waals surface area contributed by atoms with Crippen molar-refractivity contribution in [1.29, 1.82) is 0 Å². The molecule has 154 valence electrons. The Morgan fingerprint density at radius 1 is 1.04 bits per heavy atom. The first-order valence-electron chi connectivity index (χ1n) is 9.37. The lowest BCUT2D eigenvalue weighted by molar-refractivity contribution is 0.171. The van der Waals surface area contributed by atoms with Gasteiger partial charge >= 0.3 is 0 Å². The van der Waals surface area contributed by atoms with Gasteiger partial charge in [-0.05, 0) is 67.0 Å². The lowest BCUT2D eigenvalue weighted by Gasteiger charge is -2.39. The molecule has 1 aliphatic rings. The van der Waals surface area contributed by atoms with Crippen molar-refractivity contribution in [2.75, 3.05) is 34.2 Å². The molecule has 1 aromatic rings. The Hall–Kier alpha value is -1.96. The third kappa shape index (κ3) is 4.71. The highest BCUT2D eigenvalue weighted by atomic mass is 32.2. The highest BCUT2D eigenvalue weighted by molar-refractivity contribution is 7.95. The average Bonchev–Trinajstić information content (AvgIpc) is 2.58. The molecule has 1 unspecified atom stereocenters. The first-order chi connectivity index (χ1) is 13.0. The maximum atomic E-state index is 13.7. The summed E-state index contributed by atoms with van der Waals surface area (Å²) in [4.78, 5) is 9.52. The molecular weight excluding hydrogens is 372 g/mol. The number of nitrogens with one attached hydrogen (secondary N) is 1. The summed E-state index contributed by atoms with van der Waals surface area (Å²) in [7, 11) is 2.16. The van der Waals surface area contributed by atoms with E-state index in [0.717, 1.165) is 18.0 Å². The van der Waals surface area contributed by atoms with Gasteiger partial charge in [0.25, 0.3) is 0 Å². The lowest BCUT2D eigenvalue weighted by Crippen LogP contribution is -2.50. The molecule has 28 heavy (non-hydrogen) atoms. The van der Waals surface area contributed by atoms with Crippen LogP contribution >= 0.6 is 0 Å². The van der Waals surface area contributed by atoms with Crippen LogP contribution in [-0.2, 0) is 9.84 Å². The van der Waals surface area contributed by atoms with Gasteiger partial charge in [0, 0.05) is 30.2 Å². The monoisotopic (exact) mass is 404 g/mol. The van der Waals surface area contributed by atoms with E-state index in [1.54, 1.807) is 31.2 Å². The Balaban J connectivity index is 2.72. The minimum Gasteiger partial charge on any atom is -0.362 e. The van der Waals surface area contributed by atoms with Crippen LogP contribution in [0.1, 0.15) is 27.7 Å². The Bertz CT molecular complexity index is 902. The SMILES string of the molecule is CC1=CC(C)=NC(C)(N(C)CCN(C)C)/C(S(=O)(=O)c2ccccc2)=C(\C)N1. The van der Waals surface area contributed by atoms with Crippen molar-refractivity contribution in [3.8, 4) is 0 Å². The molecule has 1 atom stereocenters. The van der Waals surface area contributed by atoms with Gasteiger partial charge < -0.3 is 10.2 Å². The molecule has 1 aliphatic heterocycles. The lowest BCUT2D eigenvalue weighted by atomic mass is 10.1. The van der Waals surface area contributed by atoms with Crippen LogP contribution in [0.4, 0.5) is 0 Å². The van der Waals surface area contributed by atoms with Gasteiger partial charge in [-0.1, -0.05) is 18.2 Å². The number of likely N-dealkylation sites (N-methyl/N-ethyl adjacent to an activating group) is 2. The number of benzene rings is 1. The Kier molecular flexibility index (Phi) is 6.85. The molecule has 0 amide bonds. The Morgan fingerprint density at radius 2 is 1.64 bits per heavy atom. The Labute approximate surface area is 169 Å². The summed E-state index contributed by atoms with van der Waals surface area (Å²) in [5, 5.41) is 3.26. The molecule has 0 aliphatic carbocycles. The van der Waals surface area contributed by atoms with Crippen LogP contribution in [-0.4, -0.2) is 63.8 Å². The smallest absolute Gasteiger partial charge is 0.208 e. The number of nitrogens with zero attached hydrogens (tertiary/aromatic N) is 3. The van der Waals surface area contributed by atoms with Crippen molar-refractivity contribution in [2.24, 2.45) is 4.99 Å². The van der Waals surface area contributed by atoms with E-state index in [1.807, 2.05) is 59.0 Å². The molecule has 0 spiro atoms. The maximum absolute atomic E-state index is 13.7. The van der Waals surface area contributed by atoms with Crippen molar-refractivity contribution in [3.63, 3.8) is 0 Å². The fraction of sp³-hybridized carbons (Fsp3) is 0.476. The average molecular weight is 405 g/mol. The fourth-order valence-electron chi connectivity index (χ4n) is 3.48. The van der Waals surface area contributed by atoms with E-state index in [9.17, 15) is 8.42 Å². The largest absolute Gasteiger partial charge is 0.362 e. The second kappa shape index (κ2) is 8.59. The molecular formula is C21H32N4O2S. The van der Waals surface area contributed by atoms with E-state index >= 15 is 0 Å². The maximum Gasteiger partial charge on any atom is 0.208 e. The number of sulfone groups is 1. The summed E-state index contributed by atoms with van der Waals surface area (Å²) in [6.07, 6.45) is 1.94. The van der Waals surface area contributed by atoms with Gasteiger partial charge in [-0.15, -0.1) is 0 Å². The highest BCUT2D eigenvalue weighted by Crippen LogP contribution is 2.36. The predicted molar refractivity (Wildman–Crippen MR) is 116 cm³/mol. The summed E-state index contributed by atoms with van der Waals surface area (Å²) in [5.41, 5.74) is 1.19. The van der Waals surface area contributed by atoms with Crippen LogP contribution in [0, 0.1) is 0 Å². The van der Waals surface area contributed by atoms with Crippen LogP contribution < -0.4 is 5.32 Å². The quantitative estimate of drug-likeness (QED) is 0.790. The van der Waals surface area contributed by atoms with Crippen molar-refractivity contribution in [1.82, 2.24) is 15.1 Å². The van der Waals surface area contributed by atoms with Gasteiger partial charge in [-0.3, -0.25) is 9.89 Å². The topological polar surface area (TPSA) is 65.0 Å². The molecule has 1 heterocycles. The van der Waals surface area contributed by atoms with Crippen molar-refractivity contribution >= 4 is 15.5 Å². The number of hydrogen-bond acceptors (Lipinski definition) is 6. The standard InChI is InChI=1S/C21H32N4O2S/c1-16-15-17(2)23-21(4,25(7)14-13-24(5)6)20(18(3)22-16)28(26,27)19-11-9-8-10-12-19/h8-12,15,22H,13-14H2,1-7H3/b16-15?,20-18-,23-17?. The van der Waals surface area contributed by atoms with E-state index in [0.29, 0.717) is 12.2 Å². The van der Waals surface area contributed by atoms with Gasteiger partial charge in [-0.25, -0.2) is 8.42 Å². The zero-order valence-electron chi connectivity index (χ0n) is 17.9. The first-order valence-corrected chi connectivity index (χ1v) is 10.9. The molecule has 0 aromatic heterocycles. The summed E-state index contributed by atoms with van der Waals surface area (Å²) in [6, 6.07) is 8.56. The fourth-order valence-corrected chi connectivity index (χ4v) is 5.40. The molecule has 1 N–H and O–H groups in total. The zero-order chi connectivity index (χ0) is 21.1. The normalized spacial score (nSPS) is 23.8. The second-order valence-electron chi connectivity index (χ2n) is 7.72. The highest BCUT2D eigenvalue weighted by Gasteiger charge is 2.43. The zero-order valence-corrected chi connectivity index (χ0v) is 18.8. The van der Waals surface area contributed by atoms with Crippen LogP contribution in [0.2, 0.25) is 0 Å².